The lowest BCUT2D eigenvalue weighted by Gasteiger charge is -2.16. The van der Waals surface area contributed by atoms with Gasteiger partial charge in [-0.15, -0.1) is 0 Å². The Morgan fingerprint density at radius 1 is 1.03 bits per heavy atom. The van der Waals surface area contributed by atoms with Crippen molar-refractivity contribution in [2.45, 2.75) is 12.8 Å². The second-order valence-corrected chi connectivity index (χ2v) is 7.85. The molecule has 0 radical (unpaired) electrons. The van der Waals surface area contributed by atoms with Crippen LogP contribution >= 0.6 is 0 Å². The highest BCUT2D eigenvalue weighted by molar-refractivity contribution is 6.11. The van der Waals surface area contributed by atoms with Crippen LogP contribution in [0.2, 0.25) is 0 Å². The fourth-order valence-electron chi connectivity index (χ4n) is 4.04. The molecular formula is C25H25N5O2. The summed E-state index contributed by atoms with van der Waals surface area (Å²) in [6.07, 6.45) is 4.18. The van der Waals surface area contributed by atoms with E-state index >= 15 is 0 Å². The maximum Gasteiger partial charge on any atom is 0.259 e. The van der Waals surface area contributed by atoms with Gasteiger partial charge in [0.25, 0.3) is 5.91 Å². The van der Waals surface area contributed by atoms with Gasteiger partial charge in [-0.3, -0.25) is 9.69 Å². The lowest BCUT2D eigenvalue weighted by Crippen LogP contribution is -2.25. The smallest absolute Gasteiger partial charge is 0.259 e. The number of H-pyrrole nitrogens is 1. The molecule has 1 amide bonds. The van der Waals surface area contributed by atoms with E-state index in [9.17, 15) is 4.79 Å². The Hall–Kier alpha value is -3.71. The van der Waals surface area contributed by atoms with E-state index in [1.54, 1.807) is 24.4 Å². The average molecular weight is 428 g/mol. The molecule has 1 saturated heterocycles. The molecule has 2 N–H and O–H groups in total. The van der Waals surface area contributed by atoms with Crippen molar-refractivity contribution >= 4 is 22.8 Å². The Balaban J connectivity index is 1.39. The number of pyridine rings is 1. The minimum absolute atomic E-state index is 0.248. The number of imidazole rings is 1. The highest BCUT2D eigenvalue weighted by atomic mass is 16.5. The van der Waals surface area contributed by atoms with Gasteiger partial charge in [-0.1, -0.05) is 24.3 Å². The van der Waals surface area contributed by atoms with Crippen LogP contribution in [-0.2, 0) is 0 Å². The second-order valence-electron chi connectivity index (χ2n) is 7.85. The predicted molar refractivity (Wildman–Crippen MR) is 125 cm³/mol. The molecule has 0 bridgehead atoms. The zero-order valence-electron chi connectivity index (χ0n) is 17.8. The molecule has 4 aromatic rings. The molecule has 0 atom stereocenters. The number of anilines is 1. The molecule has 162 valence electrons. The highest BCUT2D eigenvalue weighted by Crippen LogP contribution is 2.30. The lowest BCUT2D eigenvalue weighted by molar-refractivity contribution is 0.102. The van der Waals surface area contributed by atoms with Crippen molar-refractivity contribution in [2.24, 2.45) is 0 Å². The maximum atomic E-state index is 12.9. The first-order valence-corrected chi connectivity index (χ1v) is 10.9. The minimum atomic E-state index is -0.248. The molecule has 0 unspecified atom stereocenters. The van der Waals surface area contributed by atoms with Crippen LogP contribution in [0.5, 0.6) is 5.75 Å². The van der Waals surface area contributed by atoms with Crippen LogP contribution < -0.4 is 10.1 Å². The third-order valence-electron chi connectivity index (χ3n) is 5.67. The SMILES string of the molecule is O=C(Nc1ccccn1)c1cccc2[nH]c(-c3ccccc3OCCN3CCCC3)nc12. The number of aromatic amines is 1. The number of ether oxygens (including phenoxy) is 1. The number of hydrogen-bond donors (Lipinski definition) is 2. The monoisotopic (exact) mass is 427 g/mol. The second kappa shape index (κ2) is 9.20. The first-order valence-electron chi connectivity index (χ1n) is 10.9. The van der Waals surface area contributed by atoms with Crippen molar-refractivity contribution in [3.63, 3.8) is 0 Å². The summed E-state index contributed by atoms with van der Waals surface area (Å²) in [6, 6.07) is 18.8. The normalized spacial score (nSPS) is 14.0. The summed E-state index contributed by atoms with van der Waals surface area (Å²) in [5.41, 5.74) is 2.77. The van der Waals surface area contributed by atoms with Crippen molar-refractivity contribution in [1.82, 2.24) is 19.9 Å². The predicted octanol–water partition coefficient (Wildman–Crippen LogP) is 4.35. The molecule has 7 nitrogen and oxygen atoms in total. The molecule has 5 rings (SSSR count). The van der Waals surface area contributed by atoms with Gasteiger partial charge in [0.15, 0.2) is 0 Å². The van der Waals surface area contributed by atoms with E-state index in [4.69, 9.17) is 9.72 Å². The summed E-state index contributed by atoms with van der Waals surface area (Å²) in [6.45, 7) is 3.86. The topological polar surface area (TPSA) is 83.1 Å². The maximum absolute atomic E-state index is 12.9. The van der Waals surface area contributed by atoms with E-state index in [2.05, 4.69) is 20.2 Å². The van der Waals surface area contributed by atoms with Crippen LogP contribution in [0.4, 0.5) is 5.82 Å². The Bertz CT molecular complexity index is 1220. The van der Waals surface area contributed by atoms with Gasteiger partial charge in [0.2, 0.25) is 0 Å². The molecule has 2 aromatic heterocycles. The fourth-order valence-corrected chi connectivity index (χ4v) is 4.04. The van der Waals surface area contributed by atoms with Gasteiger partial charge in [-0.25, -0.2) is 9.97 Å². The van der Waals surface area contributed by atoms with Crippen molar-refractivity contribution in [1.29, 1.82) is 0 Å². The summed E-state index contributed by atoms with van der Waals surface area (Å²) in [5, 5.41) is 2.83. The summed E-state index contributed by atoms with van der Waals surface area (Å²) in [4.78, 5) is 27.6. The van der Waals surface area contributed by atoms with E-state index in [0.29, 0.717) is 29.3 Å². The Morgan fingerprint density at radius 2 is 1.88 bits per heavy atom. The van der Waals surface area contributed by atoms with Crippen molar-refractivity contribution in [2.75, 3.05) is 31.6 Å². The van der Waals surface area contributed by atoms with Gasteiger partial charge in [-0.2, -0.15) is 0 Å². The van der Waals surface area contributed by atoms with Crippen LogP contribution in [0, 0.1) is 0 Å². The van der Waals surface area contributed by atoms with Crippen molar-refractivity contribution in [3.05, 3.63) is 72.4 Å². The number of likely N-dealkylation sites (tertiary alicyclic amines) is 1. The van der Waals surface area contributed by atoms with Crippen LogP contribution in [0.1, 0.15) is 23.2 Å². The number of fused-ring (bicyclic) bond motifs is 1. The number of para-hydroxylation sites is 2. The first-order chi connectivity index (χ1) is 15.8. The van der Waals surface area contributed by atoms with Crippen LogP contribution in [0.15, 0.2) is 66.9 Å². The molecule has 1 aliphatic heterocycles. The Labute approximate surface area is 186 Å². The zero-order chi connectivity index (χ0) is 21.8. The van der Waals surface area contributed by atoms with Crippen LogP contribution in [0.3, 0.4) is 0 Å². The molecule has 0 saturated carbocycles. The van der Waals surface area contributed by atoms with Crippen molar-refractivity contribution in [3.8, 4) is 17.1 Å². The van der Waals surface area contributed by atoms with E-state index in [1.165, 1.54) is 12.8 Å². The van der Waals surface area contributed by atoms with Gasteiger partial charge in [0.05, 0.1) is 16.6 Å². The molecule has 0 spiro atoms. The number of rotatable bonds is 7. The molecule has 7 heteroatoms. The Morgan fingerprint density at radius 3 is 2.72 bits per heavy atom. The largest absolute Gasteiger partial charge is 0.491 e. The third-order valence-corrected chi connectivity index (χ3v) is 5.67. The first kappa shape index (κ1) is 20.2. The number of hydrogen-bond acceptors (Lipinski definition) is 5. The van der Waals surface area contributed by atoms with Gasteiger partial charge >= 0.3 is 0 Å². The van der Waals surface area contributed by atoms with Crippen LogP contribution in [-0.4, -0.2) is 52.0 Å². The zero-order valence-corrected chi connectivity index (χ0v) is 17.8. The standard InChI is InChI=1S/C25H25N5O2/c31-25(28-22-12-3-4-13-26-22)19-9-7-10-20-23(19)29-24(27-20)18-8-1-2-11-21(18)32-17-16-30-14-5-6-15-30/h1-4,7-13H,5-6,14-17H2,(H,27,29)(H,26,28,31). The molecular weight excluding hydrogens is 402 g/mol. The van der Waals surface area contributed by atoms with E-state index in [1.807, 2.05) is 42.5 Å². The van der Waals surface area contributed by atoms with Gasteiger partial charge in [-0.05, 0) is 62.3 Å². The molecule has 3 heterocycles. The molecule has 0 aliphatic carbocycles. The van der Waals surface area contributed by atoms with Gasteiger partial charge in [0.1, 0.15) is 29.5 Å². The number of carbonyl (C=O) groups excluding carboxylic acids is 1. The minimum Gasteiger partial charge on any atom is -0.491 e. The Kier molecular flexibility index (Phi) is 5.81. The summed E-state index contributed by atoms with van der Waals surface area (Å²) in [7, 11) is 0. The molecule has 2 aromatic carbocycles. The number of aromatic nitrogens is 3. The number of nitrogens with one attached hydrogen (secondary N) is 2. The highest BCUT2D eigenvalue weighted by Gasteiger charge is 2.17. The van der Waals surface area contributed by atoms with Gasteiger partial charge < -0.3 is 15.0 Å². The number of amides is 1. The summed E-state index contributed by atoms with van der Waals surface area (Å²) >= 11 is 0. The fraction of sp³-hybridized carbons (Fsp3) is 0.240. The quantitative estimate of drug-likeness (QED) is 0.458. The van der Waals surface area contributed by atoms with Gasteiger partial charge in [0, 0.05) is 12.7 Å². The number of carbonyl (C=O) groups is 1. The molecule has 1 aliphatic rings. The van der Waals surface area contributed by atoms with E-state index in [0.717, 1.165) is 36.5 Å². The summed E-state index contributed by atoms with van der Waals surface area (Å²) in [5.74, 6) is 1.71. The number of benzene rings is 2. The molecule has 1 fully saturated rings. The van der Waals surface area contributed by atoms with E-state index < -0.39 is 0 Å². The third kappa shape index (κ3) is 4.33. The van der Waals surface area contributed by atoms with Crippen molar-refractivity contribution < 1.29 is 9.53 Å². The van der Waals surface area contributed by atoms with E-state index in [-0.39, 0.29) is 5.91 Å². The average Bonchev–Trinajstić information content (AvgIpc) is 3.50. The summed E-state index contributed by atoms with van der Waals surface area (Å²) < 4.78 is 6.12. The molecule has 32 heavy (non-hydrogen) atoms. The van der Waals surface area contributed by atoms with Crippen LogP contribution in [0.25, 0.3) is 22.4 Å². The number of nitrogens with zero attached hydrogens (tertiary/aromatic N) is 3. The lowest BCUT2D eigenvalue weighted by atomic mass is 10.1.